The van der Waals surface area contributed by atoms with E-state index in [-0.39, 0.29) is 5.54 Å². The Morgan fingerprint density at radius 1 is 0.900 bits per heavy atom. The van der Waals surface area contributed by atoms with Crippen LogP contribution in [0.5, 0.6) is 0 Å². The maximum Gasteiger partial charge on any atom is 0.201 e. The van der Waals surface area contributed by atoms with Crippen LogP contribution in [0, 0.1) is 0 Å². The summed E-state index contributed by atoms with van der Waals surface area (Å²) in [7, 11) is 0. The van der Waals surface area contributed by atoms with E-state index in [2.05, 4.69) is 25.8 Å². The number of aliphatic imine (C=N–C) groups is 1. The number of anilines is 1. The molecule has 20 heavy (non-hydrogen) atoms. The Morgan fingerprint density at radius 2 is 1.40 bits per heavy atom. The molecule has 0 bridgehead atoms. The predicted octanol–water partition coefficient (Wildman–Crippen LogP) is 3.94. The molecule has 0 spiro atoms. The molecule has 0 unspecified atom stereocenters. The molecule has 3 heteroatoms. The molecular weight excluding hydrogens is 246 g/mol. The van der Waals surface area contributed by atoms with Gasteiger partial charge in [-0.1, -0.05) is 36.4 Å². The van der Waals surface area contributed by atoms with Crippen LogP contribution in [0.25, 0.3) is 0 Å². The van der Waals surface area contributed by atoms with Crippen LogP contribution in [-0.4, -0.2) is 11.5 Å². The zero-order chi connectivity index (χ0) is 14.6. The highest BCUT2D eigenvalue weighted by molar-refractivity contribution is 5.97. The Labute approximate surface area is 120 Å². The van der Waals surface area contributed by atoms with E-state index in [1.807, 2.05) is 65.6 Å². The average Bonchev–Trinajstić information content (AvgIpc) is 2.39. The molecule has 0 amide bonds. The number of guanidine groups is 1. The highest BCUT2D eigenvalue weighted by Crippen LogP contribution is 2.24. The summed E-state index contributed by atoms with van der Waals surface area (Å²) in [4.78, 5) is 6.56. The van der Waals surface area contributed by atoms with Crippen molar-refractivity contribution in [3.8, 4) is 0 Å². The van der Waals surface area contributed by atoms with Crippen LogP contribution >= 0.6 is 0 Å². The summed E-state index contributed by atoms with van der Waals surface area (Å²) in [5.41, 5.74) is 7.99. The second-order valence-electron chi connectivity index (χ2n) is 5.65. The lowest BCUT2D eigenvalue weighted by Crippen LogP contribution is -2.49. The third-order valence-corrected chi connectivity index (χ3v) is 2.91. The fourth-order valence-electron chi connectivity index (χ4n) is 2.13. The summed E-state index contributed by atoms with van der Waals surface area (Å²) in [6.45, 7) is 6.36. The highest BCUT2D eigenvalue weighted by atomic mass is 15.3. The van der Waals surface area contributed by atoms with Crippen molar-refractivity contribution in [2.45, 2.75) is 26.3 Å². The van der Waals surface area contributed by atoms with Crippen molar-refractivity contribution in [1.82, 2.24) is 0 Å². The van der Waals surface area contributed by atoms with E-state index in [0.29, 0.717) is 5.96 Å². The molecule has 0 atom stereocenters. The van der Waals surface area contributed by atoms with Crippen molar-refractivity contribution in [1.29, 1.82) is 0 Å². The number of nitrogens with zero attached hydrogens (tertiary/aromatic N) is 2. The Morgan fingerprint density at radius 3 is 1.90 bits per heavy atom. The van der Waals surface area contributed by atoms with Gasteiger partial charge in [0.2, 0.25) is 5.96 Å². The van der Waals surface area contributed by atoms with Gasteiger partial charge in [0.05, 0.1) is 5.69 Å². The molecular formula is C17H21N3. The Kier molecular flexibility index (Phi) is 4.08. The fourth-order valence-corrected chi connectivity index (χ4v) is 2.13. The van der Waals surface area contributed by atoms with Crippen LogP contribution in [0.4, 0.5) is 11.4 Å². The first-order chi connectivity index (χ1) is 9.48. The normalized spacial score (nSPS) is 12.2. The number of nitrogens with two attached hydrogens (primary N) is 1. The first kappa shape index (κ1) is 14.1. The van der Waals surface area contributed by atoms with Crippen molar-refractivity contribution < 1.29 is 0 Å². The summed E-state index contributed by atoms with van der Waals surface area (Å²) < 4.78 is 0. The van der Waals surface area contributed by atoms with Crippen molar-refractivity contribution in [3.63, 3.8) is 0 Å². The maximum absolute atomic E-state index is 6.24. The zero-order valence-corrected chi connectivity index (χ0v) is 12.2. The van der Waals surface area contributed by atoms with E-state index in [4.69, 9.17) is 5.73 Å². The number of para-hydroxylation sites is 2. The van der Waals surface area contributed by atoms with E-state index in [0.717, 1.165) is 11.4 Å². The second-order valence-corrected chi connectivity index (χ2v) is 5.65. The number of hydrogen-bond acceptors (Lipinski definition) is 1. The molecule has 0 aromatic heterocycles. The Bertz CT molecular complexity index is 568. The van der Waals surface area contributed by atoms with Gasteiger partial charge in [-0.2, -0.15) is 0 Å². The van der Waals surface area contributed by atoms with Crippen molar-refractivity contribution in [3.05, 3.63) is 60.7 Å². The first-order valence-electron chi connectivity index (χ1n) is 6.73. The summed E-state index contributed by atoms with van der Waals surface area (Å²) in [5, 5.41) is 0. The lowest BCUT2D eigenvalue weighted by atomic mass is 10.1. The van der Waals surface area contributed by atoms with E-state index >= 15 is 0 Å². The van der Waals surface area contributed by atoms with Gasteiger partial charge in [0, 0.05) is 11.2 Å². The quantitative estimate of drug-likeness (QED) is 0.661. The number of rotatable bonds is 2. The molecule has 2 N–H and O–H groups in total. The largest absolute Gasteiger partial charge is 0.369 e. The second kappa shape index (κ2) is 5.78. The third kappa shape index (κ3) is 3.38. The fraction of sp³-hybridized carbons (Fsp3) is 0.235. The smallest absolute Gasteiger partial charge is 0.201 e. The van der Waals surface area contributed by atoms with Gasteiger partial charge in [0.15, 0.2) is 0 Å². The standard InChI is InChI=1S/C17H21N3/c1-17(2,3)20(15-12-8-5-9-13-15)16(18)19-14-10-6-4-7-11-14/h4-13H,1-3H3,(H2,18,19). The van der Waals surface area contributed by atoms with Crippen molar-refractivity contribution >= 4 is 17.3 Å². The minimum absolute atomic E-state index is 0.149. The molecule has 0 saturated heterocycles. The van der Waals surface area contributed by atoms with Crippen LogP contribution in [0.2, 0.25) is 0 Å². The lowest BCUT2D eigenvalue weighted by Gasteiger charge is -2.36. The van der Waals surface area contributed by atoms with E-state index in [1.54, 1.807) is 0 Å². The molecule has 2 aromatic carbocycles. The van der Waals surface area contributed by atoms with Gasteiger partial charge < -0.3 is 10.6 Å². The van der Waals surface area contributed by atoms with E-state index in [1.165, 1.54) is 0 Å². The molecule has 2 rings (SSSR count). The molecule has 0 aliphatic rings. The average molecular weight is 267 g/mol. The molecule has 0 aliphatic carbocycles. The maximum atomic E-state index is 6.24. The van der Waals surface area contributed by atoms with E-state index in [9.17, 15) is 0 Å². The van der Waals surface area contributed by atoms with Gasteiger partial charge in [-0.3, -0.25) is 0 Å². The number of hydrogen-bond donors (Lipinski definition) is 1. The Hall–Kier alpha value is -2.29. The van der Waals surface area contributed by atoms with Gasteiger partial charge in [-0.25, -0.2) is 4.99 Å². The lowest BCUT2D eigenvalue weighted by molar-refractivity contribution is 0.569. The van der Waals surface area contributed by atoms with Gasteiger partial charge in [0.25, 0.3) is 0 Å². The van der Waals surface area contributed by atoms with Crippen LogP contribution in [0.15, 0.2) is 65.7 Å². The predicted molar refractivity (Wildman–Crippen MR) is 86.4 cm³/mol. The molecule has 2 aromatic rings. The number of benzene rings is 2. The monoisotopic (exact) mass is 267 g/mol. The summed E-state index contributed by atoms with van der Waals surface area (Å²) >= 11 is 0. The van der Waals surface area contributed by atoms with Crippen LogP contribution in [-0.2, 0) is 0 Å². The highest BCUT2D eigenvalue weighted by Gasteiger charge is 2.24. The summed E-state index contributed by atoms with van der Waals surface area (Å²) in [6, 6.07) is 19.8. The van der Waals surface area contributed by atoms with Crippen molar-refractivity contribution in [2.24, 2.45) is 10.7 Å². The molecule has 3 nitrogen and oxygen atoms in total. The third-order valence-electron chi connectivity index (χ3n) is 2.91. The van der Waals surface area contributed by atoms with Crippen LogP contribution in [0.1, 0.15) is 20.8 Å². The summed E-state index contributed by atoms with van der Waals surface area (Å²) in [6.07, 6.45) is 0. The van der Waals surface area contributed by atoms with Gasteiger partial charge >= 0.3 is 0 Å². The molecule has 0 heterocycles. The van der Waals surface area contributed by atoms with Gasteiger partial charge in [-0.15, -0.1) is 0 Å². The molecule has 0 aliphatic heterocycles. The zero-order valence-electron chi connectivity index (χ0n) is 12.2. The minimum Gasteiger partial charge on any atom is -0.369 e. The molecule has 0 saturated carbocycles. The molecule has 0 radical (unpaired) electrons. The Balaban J connectivity index is 2.40. The van der Waals surface area contributed by atoms with Crippen molar-refractivity contribution in [2.75, 3.05) is 4.90 Å². The minimum atomic E-state index is -0.149. The van der Waals surface area contributed by atoms with Crippen LogP contribution in [0.3, 0.4) is 0 Å². The summed E-state index contributed by atoms with van der Waals surface area (Å²) in [5.74, 6) is 0.495. The van der Waals surface area contributed by atoms with Gasteiger partial charge in [-0.05, 0) is 45.0 Å². The SMILES string of the molecule is CC(C)(C)N(C(N)=Nc1ccccc1)c1ccccc1. The topological polar surface area (TPSA) is 41.6 Å². The molecule has 0 fully saturated rings. The van der Waals surface area contributed by atoms with Gasteiger partial charge in [0.1, 0.15) is 0 Å². The molecule has 104 valence electrons. The van der Waals surface area contributed by atoms with Crippen LogP contribution < -0.4 is 10.6 Å². The first-order valence-corrected chi connectivity index (χ1v) is 6.73. The van der Waals surface area contributed by atoms with E-state index < -0.39 is 0 Å².